The molecule has 6 nitrogen and oxygen atoms in total. The Labute approximate surface area is 145 Å². The average molecular weight is 358 g/mol. The maximum absolute atomic E-state index is 12.9. The molecule has 0 unspecified atom stereocenters. The van der Waals surface area contributed by atoms with Crippen LogP contribution in [0.3, 0.4) is 0 Å². The fraction of sp³-hybridized carbons (Fsp3) is 0.125. The van der Waals surface area contributed by atoms with Crippen molar-refractivity contribution in [2.24, 2.45) is 0 Å². The van der Waals surface area contributed by atoms with Gasteiger partial charge in [0.25, 0.3) is 5.56 Å². The first-order valence-corrected chi connectivity index (χ1v) is 8.53. The number of nitrogens with zero attached hydrogens (tertiary/aromatic N) is 4. The smallest absolute Gasteiger partial charge is 0.275 e. The molecular formula is C16H12ClN5OS. The van der Waals surface area contributed by atoms with E-state index < -0.39 is 0 Å². The van der Waals surface area contributed by atoms with E-state index in [0.717, 1.165) is 16.8 Å². The van der Waals surface area contributed by atoms with Crippen LogP contribution >= 0.6 is 22.9 Å². The van der Waals surface area contributed by atoms with Gasteiger partial charge in [-0.3, -0.25) is 9.36 Å². The first-order valence-electron chi connectivity index (χ1n) is 7.33. The fourth-order valence-corrected chi connectivity index (χ4v) is 3.70. The second kappa shape index (κ2) is 5.85. The van der Waals surface area contributed by atoms with Crippen LogP contribution in [0.15, 0.2) is 41.7 Å². The van der Waals surface area contributed by atoms with Crippen LogP contribution in [0.5, 0.6) is 0 Å². The van der Waals surface area contributed by atoms with Gasteiger partial charge in [-0.1, -0.05) is 11.6 Å². The minimum absolute atomic E-state index is 0.132. The molecule has 120 valence electrons. The van der Waals surface area contributed by atoms with Gasteiger partial charge >= 0.3 is 0 Å². The third-order valence-corrected chi connectivity index (χ3v) is 4.95. The molecule has 1 aromatic carbocycles. The lowest BCUT2D eigenvalue weighted by atomic mass is 10.3. The van der Waals surface area contributed by atoms with Gasteiger partial charge in [0.05, 0.1) is 11.1 Å². The highest BCUT2D eigenvalue weighted by atomic mass is 35.5. The number of rotatable bonds is 3. The van der Waals surface area contributed by atoms with Crippen molar-refractivity contribution in [3.05, 3.63) is 52.3 Å². The molecular weight excluding hydrogens is 346 g/mol. The molecule has 0 spiro atoms. The van der Waals surface area contributed by atoms with Crippen molar-refractivity contribution in [2.45, 2.75) is 6.92 Å². The molecule has 0 fully saturated rings. The maximum atomic E-state index is 12.9. The van der Waals surface area contributed by atoms with Crippen molar-refractivity contribution in [2.75, 3.05) is 11.9 Å². The van der Waals surface area contributed by atoms with E-state index in [0.29, 0.717) is 26.7 Å². The molecule has 8 heteroatoms. The van der Waals surface area contributed by atoms with Crippen molar-refractivity contribution in [3.63, 3.8) is 0 Å². The quantitative estimate of drug-likeness (QED) is 0.607. The number of thiophene rings is 1. The van der Waals surface area contributed by atoms with Gasteiger partial charge in [-0.15, -0.1) is 11.3 Å². The van der Waals surface area contributed by atoms with Crippen molar-refractivity contribution >= 4 is 49.2 Å². The van der Waals surface area contributed by atoms with E-state index in [-0.39, 0.29) is 5.56 Å². The van der Waals surface area contributed by atoms with Crippen LogP contribution in [0.2, 0.25) is 5.02 Å². The van der Waals surface area contributed by atoms with E-state index in [4.69, 9.17) is 11.6 Å². The molecule has 0 aliphatic carbocycles. The molecule has 0 amide bonds. The van der Waals surface area contributed by atoms with Crippen LogP contribution in [0.4, 0.5) is 5.82 Å². The number of nitrogens with one attached hydrogen (secondary N) is 1. The molecule has 3 aromatic heterocycles. The number of hydrogen-bond donors (Lipinski definition) is 1. The van der Waals surface area contributed by atoms with Crippen LogP contribution in [-0.2, 0) is 0 Å². The van der Waals surface area contributed by atoms with Gasteiger partial charge in [0.15, 0.2) is 0 Å². The fourth-order valence-electron chi connectivity index (χ4n) is 2.55. The van der Waals surface area contributed by atoms with E-state index in [9.17, 15) is 4.79 Å². The number of benzene rings is 1. The second-order valence-corrected chi connectivity index (χ2v) is 6.54. The van der Waals surface area contributed by atoms with Crippen molar-refractivity contribution in [1.29, 1.82) is 0 Å². The first-order chi connectivity index (χ1) is 11.7. The molecule has 0 radical (unpaired) electrons. The summed E-state index contributed by atoms with van der Waals surface area (Å²) >= 11 is 7.24. The van der Waals surface area contributed by atoms with Crippen LogP contribution in [0.1, 0.15) is 6.92 Å². The number of hydrogen-bond acceptors (Lipinski definition) is 6. The van der Waals surface area contributed by atoms with Crippen LogP contribution in [0.25, 0.3) is 26.1 Å². The Bertz CT molecular complexity index is 1100. The molecule has 1 N–H and O–H groups in total. The van der Waals surface area contributed by atoms with Crippen molar-refractivity contribution < 1.29 is 0 Å². The molecule has 0 atom stereocenters. The Balaban J connectivity index is 2.00. The molecule has 4 rings (SSSR count). The number of anilines is 1. The highest BCUT2D eigenvalue weighted by Crippen LogP contribution is 2.32. The molecule has 0 saturated heterocycles. The van der Waals surface area contributed by atoms with E-state index >= 15 is 0 Å². The summed E-state index contributed by atoms with van der Waals surface area (Å²) in [5, 5.41) is 4.60. The van der Waals surface area contributed by atoms with Gasteiger partial charge < -0.3 is 5.32 Å². The maximum Gasteiger partial charge on any atom is 0.275 e. The summed E-state index contributed by atoms with van der Waals surface area (Å²) in [4.78, 5) is 26.7. The summed E-state index contributed by atoms with van der Waals surface area (Å²) in [5.74, 6) is 0.699. The van der Waals surface area contributed by atoms with Crippen LogP contribution in [0, 0.1) is 0 Å². The number of aromatic nitrogens is 4. The highest BCUT2D eigenvalue weighted by Gasteiger charge is 2.16. The van der Waals surface area contributed by atoms with E-state index in [1.807, 2.05) is 6.92 Å². The molecule has 0 aliphatic heterocycles. The molecule has 24 heavy (non-hydrogen) atoms. The average Bonchev–Trinajstić information content (AvgIpc) is 2.97. The summed E-state index contributed by atoms with van der Waals surface area (Å²) < 4.78 is 2.07. The Kier molecular flexibility index (Phi) is 3.66. The number of fused-ring (bicyclic) bond motifs is 3. The predicted octanol–water partition coefficient (Wildman–Crippen LogP) is 3.48. The summed E-state index contributed by atoms with van der Waals surface area (Å²) in [7, 11) is 0. The van der Waals surface area contributed by atoms with E-state index in [1.165, 1.54) is 28.6 Å². The topological polar surface area (TPSA) is 72.7 Å². The lowest BCUT2D eigenvalue weighted by Crippen LogP contribution is -2.17. The molecule has 0 saturated carbocycles. The van der Waals surface area contributed by atoms with Crippen LogP contribution < -0.4 is 10.9 Å². The normalized spacial score (nSPS) is 11.2. The van der Waals surface area contributed by atoms with Gasteiger partial charge in [0.1, 0.15) is 33.5 Å². The van der Waals surface area contributed by atoms with Crippen molar-refractivity contribution in [3.8, 4) is 5.69 Å². The zero-order valence-electron chi connectivity index (χ0n) is 12.7. The first kappa shape index (κ1) is 15.0. The largest absolute Gasteiger partial charge is 0.370 e. The zero-order valence-corrected chi connectivity index (χ0v) is 14.2. The summed E-state index contributed by atoms with van der Waals surface area (Å²) in [5.41, 5.74) is 1.21. The molecule has 0 aliphatic rings. The lowest BCUT2D eigenvalue weighted by Gasteiger charge is -2.05. The Morgan fingerprint density at radius 3 is 2.75 bits per heavy atom. The third-order valence-electron chi connectivity index (χ3n) is 3.63. The van der Waals surface area contributed by atoms with Gasteiger partial charge in [0.2, 0.25) is 0 Å². The minimum atomic E-state index is -0.132. The minimum Gasteiger partial charge on any atom is -0.370 e. The second-order valence-electron chi connectivity index (χ2n) is 5.11. The molecule has 0 bridgehead atoms. The number of halogens is 1. The van der Waals surface area contributed by atoms with Crippen LogP contribution in [-0.4, -0.2) is 26.1 Å². The van der Waals surface area contributed by atoms with Gasteiger partial charge in [-0.2, -0.15) is 0 Å². The van der Waals surface area contributed by atoms with Gasteiger partial charge in [-0.25, -0.2) is 15.0 Å². The molecule has 4 aromatic rings. The Morgan fingerprint density at radius 1 is 1.21 bits per heavy atom. The van der Waals surface area contributed by atoms with Crippen molar-refractivity contribution in [1.82, 2.24) is 19.5 Å². The van der Waals surface area contributed by atoms with E-state index in [1.54, 1.807) is 24.3 Å². The van der Waals surface area contributed by atoms with E-state index in [2.05, 4.69) is 20.3 Å². The summed E-state index contributed by atoms with van der Waals surface area (Å²) in [6.45, 7) is 2.72. The zero-order chi connectivity index (χ0) is 16.7. The standard InChI is InChI=1S/C16H12ClN5OS/c1-2-18-14-11-12-13(24-15(11)20-7-19-14)16(23)22(8-21-12)10-5-3-9(17)4-6-10/h3-8H,2H2,1H3,(H,18,19,20). The molecule has 3 heterocycles. The third kappa shape index (κ3) is 2.33. The SMILES string of the molecule is CCNc1ncnc2sc3c(=O)n(-c4ccc(Cl)cc4)cnc3c12. The Morgan fingerprint density at radius 2 is 2.00 bits per heavy atom. The van der Waals surface area contributed by atoms with Gasteiger partial charge in [0, 0.05) is 11.6 Å². The highest BCUT2D eigenvalue weighted by molar-refractivity contribution is 7.25. The van der Waals surface area contributed by atoms with Gasteiger partial charge in [-0.05, 0) is 31.2 Å². The summed E-state index contributed by atoms with van der Waals surface area (Å²) in [6, 6.07) is 7.06. The Hall–Kier alpha value is -2.51. The monoisotopic (exact) mass is 357 g/mol. The predicted molar refractivity (Wildman–Crippen MR) is 97.5 cm³/mol. The lowest BCUT2D eigenvalue weighted by molar-refractivity contribution is 0.967. The summed E-state index contributed by atoms with van der Waals surface area (Å²) in [6.07, 6.45) is 3.02.